The molecule has 4 heteroatoms. The Balaban J connectivity index is 1.69. The van der Waals surface area contributed by atoms with Gasteiger partial charge in [0.2, 0.25) is 0 Å². The Bertz CT molecular complexity index is 861. The minimum Gasteiger partial charge on any atom is -0.512 e. The molecule has 3 nitrogen and oxygen atoms in total. The van der Waals surface area contributed by atoms with Gasteiger partial charge in [-0.1, -0.05) is 23.8 Å². The molecule has 1 unspecified atom stereocenters. The van der Waals surface area contributed by atoms with E-state index in [-0.39, 0.29) is 17.5 Å². The highest BCUT2D eigenvalue weighted by Gasteiger charge is 2.30. The van der Waals surface area contributed by atoms with Gasteiger partial charge in [-0.3, -0.25) is 4.79 Å². The monoisotopic (exact) mass is 381 g/mol. The maximum atomic E-state index is 12.8. The summed E-state index contributed by atoms with van der Waals surface area (Å²) in [6, 6.07) is 8.25. The summed E-state index contributed by atoms with van der Waals surface area (Å²) in [5, 5.41) is 11.7. The summed E-state index contributed by atoms with van der Waals surface area (Å²) in [5.74, 6) is 1.42. The van der Waals surface area contributed by atoms with E-state index < -0.39 is 0 Å². The third-order valence-electron chi connectivity index (χ3n) is 5.11. The van der Waals surface area contributed by atoms with E-state index in [9.17, 15) is 9.90 Å². The van der Waals surface area contributed by atoms with Crippen LogP contribution in [0.5, 0.6) is 0 Å². The highest BCUT2D eigenvalue weighted by Crippen LogP contribution is 2.37. The van der Waals surface area contributed by atoms with Gasteiger partial charge in [-0.2, -0.15) is 0 Å². The van der Waals surface area contributed by atoms with Crippen LogP contribution in [-0.2, 0) is 4.79 Å². The summed E-state index contributed by atoms with van der Waals surface area (Å²) in [5.41, 5.74) is 5.90. The van der Waals surface area contributed by atoms with E-state index >= 15 is 0 Å². The standard InChI is InChI=1S/C23H27NO2S/c1-14-5-6-21(24-13-14)27-8-7-18-11-19(25)23(20(26)12-18)22-16(3)9-15(2)10-17(22)4/h5-6,9-10,13,18,25H,7-8,11-12H2,1-4H3. The Labute approximate surface area is 165 Å². The normalized spacial score (nSPS) is 17.5. The van der Waals surface area contributed by atoms with Crippen molar-refractivity contribution in [1.29, 1.82) is 0 Å². The first kappa shape index (κ1) is 19.7. The lowest BCUT2D eigenvalue weighted by atomic mass is 9.80. The van der Waals surface area contributed by atoms with Gasteiger partial charge in [0.15, 0.2) is 5.78 Å². The number of nitrogens with zero attached hydrogens (tertiary/aromatic N) is 1. The predicted octanol–water partition coefficient (Wildman–Crippen LogP) is 5.75. The van der Waals surface area contributed by atoms with E-state index in [1.165, 1.54) is 5.56 Å². The Hall–Kier alpha value is -2.07. The fourth-order valence-corrected chi connectivity index (χ4v) is 4.86. The zero-order valence-corrected chi connectivity index (χ0v) is 17.3. The first-order valence-electron chi connectivity index (χ1n) is 9.44. The van der Waals surface area contributed by atoms with Crippen molar-refractivity contribution in [2.24, 2.45) is 5.92 Å². The van der Waals surface area contributed by atoms with Crippen LogP contribution < -0.4 is 0 Å². The molecular weight excluding hydrogens is 354 g/mol. The van der Waals surface area contributed by atoms with Crippen LogP contribution in [0.25, 0.3) is 5.57 Å². The molecule has 27 heavy (non-hydrogen) atoms. The first-order chi connectivity index (χ1) is 12.8. The average molecular weight is 382 g/mol. The number of rotatable bonds is 5. The number of hydrogen-bond acceptors (Lipinski definition) is 4. The van der Waals surface area contributed by atoms with Gasteiger partial charge < -0.3 is 5.11 Å². The number of allylic oxidation sites excluding steroid dienone is 2. The molecule has 1 aromatic heterocycles. The number of aliphatic hydroxyl groups is 1. The van der Waals surface area contributed by atoms with E-state index in [0.717, 1.165) is 39.5 Å². The van der Waals surface area contributed by atoms with Gasteiger partial charge in [-0.25, -0.2) is 4.98 Å². The van der Waals surface area contributed by atoms with E-state index in [4.69, 9.17) is 0 Å². The number of carbonyl (C=O) groups excluding carboxylic acids is 1. The predicted molar refractivity (Wildman–Crippen MR) is 112 cm³/mol. The minimum atomic E-state index is 0.0669. The van der Waals surface area contributed by atoms with Crippen LogP contribution in [-0.4, -0.2) is 21.6 Å². The van der Waals surface area contributed by atoms with Crippen molar-refractivity contribution in [1.82, 2.24) is 4.98 Å². The molecule has 3 rings (SSSR count). The largest absolute Gasteiger partial charge is 0.512 e. The molecular formula is C23H27NO2S. The molecule has 0 spiro atoms. The molecule has 2 aromatic rings. The molecule has 1 N–H and O–H groups in total. The maximum absolute atomic E-state index is 12.8. The van der Waals surface area contributed by atoms with E-state index in [2.05, 4.69) is 30.1 Å². The van der Waals surface area contributed by atoms with E-state index in [1.807, 2.05) is 33.0 Å². The second-order valence-electron chi connectivity index (χ2n) is 7.60. The molecule has 1 aliphatic carbocycles. The van der Waals surface area contributed by atoms with Gasteiger partial charge in [-0.05, 0) is 74.1 Å². The van der Waals surface area contributed by atoms with Crippen LogP contribution in [0.4, 0.5) is 0 Å². The van der Waals surface area contributed by atoms with Crippen molar-refractivity contribution < 1.29 is 9.90 Å². The van der Waals surface area contributed by atoms with Gasteiger partial charge >= 0.3 is 0 Å². The zero-order chi connectivity index (χ0) is 19.6. The molecule has 0 amide bonds. The fraction of sp³-hybridized carbons (Fsp3) is 0.391. The highest BCUT2D eigenvalue weighted by molar-refractivity contribution is 7.99. The topological polar surface area (TPSA) is 50.2 Å². The summed E-state index contributed by atoms with van der Waals surface area (Å²) < 4.78 is 0. The third-order valence-corrected chi connectivity index (χ3v) is 6.09. The first-order valence-corrected chi connectivity index (χ1v) is 10.4. The number of aliphatic hydroxyl groups excluding tert-OH is 1. The Morgan fingerprint density at radius 3 is 2.37 bits per heavy atom. The fourth-order valence-electron chi connectivity index (χ4n) is 3.90. The second kappa shape index (κ2) is 8.30. The number of ketones is 1. The Kier molecular flexibility index (Phi) is 6.05. The molecule has 0 aliphatic heterocycles. The van der Waals surface area contributed by atoms with Crippen molar-refractivity contribution in [3.63, 3.8) is 0 Å². The number of thioether (sulfide) groups is 1. The smallest absolute Gasteiger partial charge is 0.167 e. The second-order valence-corrected chi connectivity index (χ2v) is 8.72. The average Bonchev–Trinajstić information content (AvgIpc) is 2.58. The van der Waals surface area contributed by atoms with Crippen LogP contribution in [0.2, 0.25) is 0 Å². The molecule has 1 heterocycles. The van der Waals surface area contributed by atoms with Crippen molar-refractivity contribution >= 4 is 23.1 Å². The number of benzene rings is 1. The van der Waals surface area contributed by atoms with Gasteiger partial charge in [0.05, 0.1) is 10.6 Å². The summed E-state index contributed by atoms with van der Waals surface area (Å²) in [6.45, 7) is 8.11. The molecule has 0 saturated carbocycles. The summed E-state index contributed by atoms with van der Waals surface area (Å²) in [6.07, 6.45) is 3.86. The Morgan fingerprint density at radius 2 is 1.78 bits per heavy atom. The van der Waals surface area contributed by atoms with Gasteiger partial charge in [-0.15, -0.1) is 11.8 Å². The van der Waals surface area contributed by atoms with Gasteiger partial charge in [0.1, 0.15) is 5.76 Å². The van der Waals surface area contributed by atoms with Crippen LogP contribution in [0.3, 0.4) is 0 Å². The lowest BCUT2D eigenvalue weighted by Crippen LogP contribution is -2.20. The van der Waals surface area contributed by atoms with Crippen LogP contribution >= 0.6 is 11.8 Å². The van der Waals surface area contributed by atoms with E-state index in [1.54, 1.807) is 11.8 Å². The number of hydrogen-bond donors (Lipinski definition) is 1. The number of aromatic nitrogens is 1. The number of aryl methyl sites for hydroxylation is 4. The van der Waals surface area contributed by atoms with Crippen molar-refractivity contribution in [2.45, 2.75) is 52.0 Å². The summed E-state index contributed by atoms with van der Waals surface area (Å²) >= 11 is 1.71. The molecule has 1 atom stereocenters. The van der Waals surface area contributed by atoms with Crippen LogP contribution in [0.15, 0.2) is 41.2 Å². The molecule has 1 aliphatic rings. The minimum absolute atomic E-state index is 0.0669. The van der Waals surface area contributed by atoms with Crippen LogP contribution in [0.1, 0.15) is 47.1 Å². The quantitative estimate of drug-likeness (QED) is 0.670. The lowest BCUT2D eigenvalue weighted by molar-refractivity contribution is -0.115. The molecule has 0 saturated heterocycles. The lowest BCUT2D eigenvalue weighted by Gasteiger charge is -2.25. The summed E-state index contributed by atoms with van der Waals surface area (Å²) in [7, 11) is 0. The number of Topliss-reactive ketones (excluding diaryl/α,β-unsaturated/α-hetero) is 1. The SMILES string of the molecule is Cc1ccc(SCCC2CC(=O)C(c3c(C)cc(C)cc3C)=C(O)C2)nc1. The molecule has 1 aromatic carbocycles. The molecule has 0 fully saturated rings. The molecule has 0 radical (unpaired) electrons. The van der Waals surface area contributed by atoms with Crippen LogP contribution in [0, 0.1) is 33.6 Å². The third kappa shape index (κ3) is 4.62. The summed E-state index contributed by atoms with van der Waals surface area (Å²) in [4.78, 5) is 17.2. The zero-order valence-electron chi connectivity index (χ0n) is 16.5. The number of carbonyl (C=O) groups is 1. The Morgan fingerprint density at radius 1 is 1.07 bits per heavy atom. The molecule has 0 bridgehead atoms. The number of pyridine rings is 1. The van der Waals surface area contributed by atoms with Crippen molar-refractivity contribution in [3.8, 4) is 0 Å². The maximum Gasteiger partial charge on any atom is 0.167 e. The van der Waals surface area contributed by atoms with Gasteiger partial charge in [0, 0.05) is 19.0 Å². The van der Waals surface area contributed by atoms with Crippen molar-refractivity contribution in [3.05, 3.63) is 64.0 Å². The molecule has 142 valence electrons. The van der Waals surface area contributed by atoms with E-state index in [0.29, 0.717) is 18.4 Å². The van der Waals surface area contributed by atoms with Gasteiger partial charge in [0.25, 0.3) is 0 Å². The highest BCUT2D eigenvalue weighted by atomic mass is 32.2. The van der Waals surface area contributed by atoms with Crippen molar-refractivity contribution in [2.75, 3.05) is 5.75 Å².